The number of aromatic nitrogens is 2. The smallest absolute Gasteiger partial charge is 0.280 e. The third-order valence-corrected chi connectivity index (χ3v) is 5.61. The summed E-state index contributed by atoms with van der Waals surface area (Å²) in [5.41, 5.74) is 0.812. The number of aromatic amines is 1. The predicted molar refractivity (Wildman–Crippen MR) is 84.5 cm³/mol. The minimum atomic E-state index is -3.54. The van der Waals surface area contributed by atoms with Crippen molar-refractivity contribution in [3.63, 3.8) is 0 Å². The highest BCUT2D eigenvalue weighted by Gasteiger charge is 2.28. The van der Waals surface area contributed by atoms with Gasteiger partial charge >= 0.3 is 10.2 Å². The highest BCUT2D eigenvalue weighted by Crippen LogP contribution is 2.25. The molecule has 0 amide bonds. The van der Waals surface area contributed by atoms with Crippen molar-refractivity contribution in [2.45, 2.75) is 64.3 Å². The van der Waals surface area contributed by atoms with Crippen molar-refractivity contribution in [2.24, 2.45) is 0 Å². The summed E-state index contributed by atoms with van der Waals surface area (Å²) < 4.78 is 28.9. The van der Waals surface area contributed by atoms with Gasteiger partial charge in [0.2, 0.25) is 0 Å². The zero-order valence-electron chi connectivity index (χ0n) is 13.3. The SMILES string of the molecule is CN(C1CCCCC1)S(=O)(=O)Nc1cc(C(C)(C)C)[nH]n1. The van der Waals surface area contributed by atoms with Gasteiger partial charge in [0, 0.05) is 30.3 Å². The predicted octanol–water partition coefficient (Wildman–Crippen LogP) is 2.63. The summed E-state index contributed by atoms with van der Waals surface area (Å²) in [6, 6.07) is 1.85. The van der Waals surface area contributed by atoms with Crippen molar-refractivity contribution in [2.75, 3.05) is 11.8 Å². The summed E-state index contributed by atoms with van der Waals surface area (Å²) in [6.07, 6.45) is 5.27. The van der Waals surface area contributed by atoms with Crippen LogP contribution in [-0.2, 0) is 15.6 Å². The Kier molecular flexibility index (Phi) is 4.63. The molecule has 0 aliphatic heterocycles. The van der Waals surface area contributed by atoms with E-state index < -0.39 is 10.2 Å². The van der Waals surface area contributed by atoms with Crippen LogP contribution < -0.4 is 4.72 Å². The molecule has 0 spiro atoms. The fraction of sp³-hybridized carbons (Fsp3) is 0.786. The van der Waals surface area contributed by atoms with Crippen molar-refractivity contribution in [3.8, 4) is 0 Å². The second kappa shape index (κ2) is 5.96. The van der Waals surface area contributed by atoms with E-state index >= 15 is 0 Å². The van der Waals surface area contributed by atoms with E-state index in [1.54, 1.807) is 13.1 Å². The number of H-pyrrole nitrogens is 1. The van der Waals surface area contributed by atoms with E-state index in [2.05, 4.69) is 14.9 Å². The lowest BCUT2D eigenvalue weighted by atomic mass is 9.92. The molecule has 1 heterocycles. The summed E-state index contributed by atoms with van der Waals surface area (Å²) in [5.74, 6) is 0.350. The molecule has 6 nitrogen and oxygen atoms in total. The second-order valence-electron chi connectivity index (χ2n) is 6.83. The standard InChI is InChI=1S/C14H26N4O2S/c1-14(2,3)12-10-13(16-15-12)17-21(19,20)18(4)11-8-6-5-7-9-11/h10-11H,5-9H2,1-4H3,(H2,15,16,17). The third-order valence-electron chi connectivity index (χ3n) is 4.09. The Bertz CT molecular complexity index is 568. The molecule has 0 bridgehead atoms. The largest absolute Gasteiger partial charge is 0.302 e. The van der Waals surface area contributed by atoms with Gasteiger partial charge in [-0.3, -0.25) is 9.82 Å². The molecule has 1 aliphatic carbocycles. The number of nitrogens with one attached hydrogen (secondary N) is 2. The quantitative estimate of drug-likeness (QED) is 0.896. The van der Waals surface area contributed by atoms with E-state index in [-0.39, 0.29) is 11.5 Å². The molecule has 2 N–H and O–H groups in total. The molecule has 0 aromatic carbocycles. The van der Waals surface area contributed by atoms with Crippen LogP contribution in [0.15, 0.2) is 6.07 Å². The lowest BCUT2D eigenvalue weighted by Crippen LogP contribution is -2.41. The summed E-state index contributed by atoms with van der Waals surface area (Å²) >= 11 is 0. The van der Waals surface area contributed by atoms with Crippen LogP contribution in [0.25, 0.3) is 0 Å². The first-order valence-electron chi connectivity index (χ1n) is 7.52. The van der Waals surface area contributed by atoms with Crippen LogP contribution in [0.3, 0.4) is 0 Å². The summed E-state index contributed by atoms with van der Waals surface area (Å²) in [4.78, 5) is 0. The van der Waals surface area contributed by atoms with Gasteiger partial charge in [-0.25, -0.2) is 0 Å². The molecular weight excluding hydrogens is 288 g/mol. The lowest BCUT2D eigenvalue weighted by molar-refractivity contribution is 0.287. The number of rotatable bonds is 4. The summed E-state index contributed by atoms with van der Waals surface area (Å²) in [5, 5.41) is 6.94. The monoisotopic (exact) mass is 314 g/mol. The summed E-state index contributed by atoms with van der Waals surface area (Å²) in [6.45, 7) is 6.15. The van der Waals surface area contributed by atoms with Crippen molar-refractivity contribution in [3.05, 3.63) is 11.8 Å². The number of hydrogen-bond acceptors (Lipinski definition) is 3. The molecule has 1 fully saturated rings. The first-order valence-corrected chi connectivity index (χ1v) is 8.96. The normalized spacial score (nSPS) is 18.1. The van der Waals surface area contributed by atoms with Crippen LogP contribution in [-0.4, -0.2) is 36.0 Å². The molecule has 1 aromatic heterocycles. The highest BCUT2D eigenvalue weighted by molar-refractivity contribution is 7.90. The van der Waals surface area contributed by atoms with Crippen LogP contribution >= 0.6 is 0 Å². The molecule has 7 heteroatoms. The van der Waals surface area contributed by atoms with Crippen LogP contribution in [0.2, 0.25) is 0 Å². The van der Waals surface area contributed by atoms with Gasteiger partial charge < -0.3 is 0 Å². The van der Waals surface area contributed by atoms with Gasteiger partial charge in [-0.05, 0) is 12.8 Å². The number of hydrogen-bond donors (Lipinski definition) is 2. The van der Waals surface area contributed by atoms with E-state index in [0.717, 1.165) is 31.4 Å². The maximum absolute atomic E-state index is 12.4. The van der Waals surface area contributed by atoms with Crippen LogP contribution in [0.4, 0.5) is 5.82 Å². The van der Waals surface area contributed by atoms with Crippen LogP contribution in [0.1, 0.15) is 58.6 Å². The van der Waals surface area contributed by atoms with Gasteiger partial charge in [-0.15, -0.1) is 0 Å². The Morgan fingerprint density at radius 2 is 1.90 bits per heavy atom. The number of anilines is 1. The van der Waals surface area contributed by atoms with Crippen LogP contribution in [0.5, 0.6) is 0 Å². The number of nitrogens with zero attached hydrogens (tertiary/aromatic N) is 2. The fourth-order valence-electron chi connectivity index (χ4n) is 2.60. The molecule has 1 aliphatic rings. The zero-order valence-corrected chi connectivity index (χ0v) is 14.1. The van der Waals surface area contributed by atoms with Gasteiger partial charge in [-0.1, -0.05) is 40.0 Å². The van der Waals surface area contributed by atoms with Gasteiger partial charge in [0.05, 0.1) is 0 Å². The van der Waals surface area contributed by atoms with E-state index in [1.807, 2.05) is 20.8 Å². The Morgan fingerprint density at radius 1 is 1.29 bits per heavy atom. The Balaban J connectivity index is 2.08. The molecule has 0 saturated heterocycles. The molecule has 0 radical (unpaired) electrons. The average Bonchev–Trinajstić information content (AvgIpc) is 2.86. The average molecular weight is 314 g/mol. The van der Waals surface area contributed by atoms with Crippen molar-refractivity contribution >= 4 is 16.0 Å². The van der Waals surface area contributed by atoms with Gasteiger partial charge in [0.15, 0.2) is 5.82 Å². The second-order valence-corrected chi connectivity index (χ2v) is 8.56. The van der Waals surface area contributed by atoms with Crippen LogP contribution in [0, 0.1) is 0 Å². The minimum Gasteiger partial charge on any atom is -0.280 e. The molecule has 0 atom stereocenters. The first-order chi connectivity index (χ1) is 9.70. The summed E-state index contributed by atoms with van der Waals surface area (Å²) in [7, 11) is -1.90. The molecule has 120 valence electrons. The minimum absolute atomic E-state index is 0.0913. The molecule has 2 rings (SSSR count). The molecule has 21 heavy (non-hydrogen) atoms. The Hall–Kier alpha value is -1.08. The topological polar surface area (TPSA) is 78.1 Å². The van der Waals surface area contributed by atoms with Gasteiger partial charge in [0.25, 0.3) is 0 Å². The van der Waals surface area contributed by atoms with Gasteiger partial charge in [0.1, 0.15) is 0 Å². The van der Waals surface area contributed by atoms with E-state index in [4.69, 9.17) is 0 Å². The van der Waals surface area contributed by atoms with Crippen molar-refractivity contribution in [1.82, 2.24) is 14.5 Å². The maximum Gasteiger partial charge on any atom is 0.302 e. The first kappa shape index (κ1) is 16.3. The lowest BCUT2D eigenvalue weighted by Gasteiger charge is -2.30. The maximum atomic E-state index is 12.4. The van der Waals surface area contributed by atoms with Gasteiger partial charge in [-0.2, -0.15) is 17.8 Å². The highest BCUT2D eigenvalue weighted by atomic mass is 32.2. The molecular formula is C14H26N4O2S. The molecule has 1 saturated carbocycles. The molecule has 1 aromatic rings. The Labute approximate surface area is 127 Å². The fourth-order valence-corrected chi connectivity index (χ4v) is 3.72. The molecule has 0 unspecified atom stereocenters. The van der Waals surface area contributed by atoms with E-state index in [1.165, 1.54) is 10.7 Å². The van der Waals surface area contributed by atoms with E-state index in [9.17, 15) is 8.42 Å². The zero-order chi connectivity index (χ0) is 15.7. The Morgan fingerprint density at radius 3 is 2.43 bits per heavy atom. The third kappa shape index (κ3) is 3.97. The van der Waals surface area contributed by atoms with Crippen molar-refractivity contribution < 1.29 is 8.42 Å². The van der Waals surface area contributed by atoms with E-state index in [0.29, 0.717) is 5.82 Å². The van der Waals surface area contributed by atoms with Crippen molar-refractivity contribution in [1.29, 1.82) is 0 Å².